The van der Waals surface area contributed by atoms with Gasteiger partial charge in [-0.25, -0.2) is 0 Å². The molecule has 324 valence electrons. The molecular formula is C50H95NO4. The summed E-state index contributed by atoms with van der Waals surface area (Å²) in [6.45, 7) is 4.18. The van der Waals surface area contributed by atoms with Crippen molar-refractivity contribution in [3.8, 4) is 0 Å². The fraction of sp³-hybridized carbons (Fsp3) is 0.860. The molecule has 3 atom stereocenters. The molecule has 4 N–H and O–H groups in total. The van der Waals surface area contributed by atoms with Crippen LogP contribution in [-0.2, 0) is 4.79 Å². The van der Waals surface area contributed by atoms with Crippen LogP contribution in [0.25, 0.3) is 0 Å². The first-order chi connectivity index (χ1) is 27.1. The molecule has 0 aliphatic rings. The van der Waals surface area contributed by atoms with E-state index in [-0.39, 0.29) is 6.61 Å². The monoisotopic (exact) mass is 774 g/mol. The highest BCUT2D eigenvalue weighted by atomic mass is 16.3. The van der Waals surface area contributed by atoms with Crippen molar-refractivity contribution in [1.82, 2.24) is 5.32 Å². The van der Waals surface area contributed by atoms with Gasteiger partial charge in [-0.2, -0.15) is 0 Å². The zero-order valence-electron chi connectivity index (χ0n) is 36.8. The van der Waals surface area contributed by atoms with E-state index in [0.29, 0.717) is 6.42 Å². The average Bonchev–Trinajstić information content (AvgIpc) is 3.19. The number of amides is 1. The Morgan fingerprint density at radius 1 is 0.436 bits per heavy atom. The quantitative estimate of drug-likeness (QED) is 0.0367. The Hall–Kier alpha value is -1.43. The Labute approximate surface area is 343 Å². The number of aliphatic hydroxyl groups is 3. The molecule has 5 nitrogen and oxygen atoms in total. The number of unbranched alkanes of at least 4 members (excludes halogenated alkanes) is 32. The lowest BCUT2D eigenvalue weighted by atomic mass is 10.0. The van der Waals surface area contributed by atoms with Gasteiger partial charge in [0.25, 0.3) is 0 Å². The lowest BCUT2D eigenvalue weighted by Gasteiger charge is -2.21. The summed E-state index contributed by atoms with van der Waals surface area (Å²) in [4.78, 5) is 12.5. The maximum absolute atomic E-state index is 12.5. The van der Waals surface area contributed by atoms with Crippen molar-refractivity contribution in [3.63, 3.8) is 0 Å². The van der Waals surface area contributed by atoms with E-state index in [9.17, 15) is 20.1 Å². The third-order valence-electron chi connectivity index (χ3n) is 11.2. The SMILES string of the molecule is CCCCCCCCCCCCC/C=C/CC/C=C/CC/C=C/C(O)C(CO)NC(=O)C(O)CCCCCCCCCCCCCCCCCCCCCC. The minimum Gasteiger partial charge on any atom is -0.394 e. The molecular weight excluding hydrogens is 679 g/mol. The second kappa shape index (κ2) is 45.3. The average molecular weight is 774 g/mol. The van der Waals surface area contributed by atoms with Gasteiger partial charge in [-0.05, 0) is 44.9 Å². The molecule has 0 aromatic heterocycles. The molecule has 0 fully saturated rings. The minimum atomic E-state index is -1.11. The predicted octanol–water partition coefficient (Wildman–Crippen LogP) is 14.3. The fourth-order valence-corrected chi connectivity index (χ4v) is 7.39. The summed E-state index contributed by atoms with van der Waals surface area (Å²) in [6, 6.07) is -0.819. The molecule has 0 aliphatic carbocycles. The third kappa shape index (κ3) is 40.6. The molecule has 0 bridgehead atoms. The number of aliphatic hydroxyl groups excluding tert-OH is 3. The molecule has 0 aliphatic heterocycles. The minimum absolute atomic E-state index is 0.379. The maximum Gasteiger partial charge on any atom is 0.249 e. The molecule has 0 aromatic carbocycles. The molecule has 0 saturated carbocycles. The zero-order valence-corrected chi connectivity index (χ0v) is 36.8. The van der Waals surface area contributed by atoms with E-state index < -0.39 is 24.2 Å². The number of carbonyl (C=O) groups is 1. The number of hydrogen-bond donors (Lipinski definition) is 4. The van der Waals surface area contributed by atoms with Crippen molar-refractivity contribution in [1.29, 1.82) is 0 Å². The van der Waals surface area contributed by atoms with Gasteiger partial charge in [0.05, 0.1) is 18.8 Å². The molecule has 5 heteroatoms. The number of rotatable bonds is 44. The zero-order chi connectivity index (χ0) is 40.1. The van der Waals surface area contributed by atoms with Crippen LogP contribution in [0.1, 0.15) is 251 Å². The Morgan fingerprint density at radius 2 is 0.745 bits per heavy atom. The highest BCUT2D eigenvalue weighted by Gasteiger charge is 2.22. The Balaban J connectivity index is 3.69. The van der Waals surface area contributed by atoms with Crippen LogP contribution in [-0.4, -0.2) is 46.1 Å². The lowest BCUT2D eigenvalue weighted by molar-refractivity contribution is -0.131. The summed E-state index contributed by atoms with van der Waals surface area (Å²) < 4.78 is 0. The van der Waals surface area contributed by atoms with Crippen LogP contribution < -0.4 is 5.32 Å². The number of hydrogen-bond acceptors (Lipinski definition) is 4. The summed E-state index contributed by atoms with van der Waals surface area (Å²) in [6.07, 6.45) is 57.6. The van der Waals surface area contributed by atoms with Gasteiger partial charge in [-0.1, -0.05) is 243 Å². The van der Waals surface area contributed by atoms with Gasteiger partial charge in [0.2, 0.25) is 5.91 Å². The molecule has 0 saturated heterocycles. The van der Waals surface area contributed by atoms with Crippen LogP contribution in [0.4, 0.5) is 0 Å². The molecule has 0 radical (unpaired) electrons. The van der Waals surface area contributed by atoms with Gasteiger partial charge in [0.1, 0.15) is 6.10 Å². The first-order valence-corrected chi connectivity index (χ1v) is 24.3. The van der Waals surface area contributed by atoms with Crippen molar-refractivity contribution in [2.75, 3.05) is 6.61 Å². The van der Waals surface area contributed by atoms with Crippen molar-refractivity contribution in [3.05, 3.63) is 36.5 Å². The van der Waals surface area contributed by atoms with Crippen LogP contribution in [0.3, 0.4) is 0 Å². The summed E-state index contributed by atoms with van der Waals surface area (Å²) in [5, 5.41) is 33.2. The van der Waals surface area contributed by atoms with Crippen LogP contribution in [0.2, 0.25) is 0 Å². The topological polar surface area (TPSA) is 89.8 Å². The Kier molecular flexibility index (Phi) is 44.1. The van der Waals surface area contributed by atoms with Gasteiger partial charge in [-0.15, -0.1) is 0 Å². The van der Waals surface area contributed by atoms with E-state index >= 15 is 0 Å². The van der Waals surface area contributed by atoms with Crippen molar-refractivity contribution < 1.29 is 20.1 Å². The summed E-state index contributed by atoms with van der Waals surface area (Å²) >= 11 is 0. The van der Waals surface area contributed by atoms with Crippen molar-refractivity contribution in [2.24, 2.45) is 0 Å². The van der Waals surface area contributed by atoms with E-state index in [0.717, 1.165) is 44.9 Å². The standard InChI is InChI=1S/C50H95NO4/c1-3-5-7-9-11-13-15-17-19-21-23-25-27-28-30-32-34-36-38-40-42-44-48(53)47(46-52)51-50(55)49(54)45-43-41-39-37-35-33-31-29-26-24-22-20-18-16-14-12-10-8-6-4-2/h27-28,34,36,42,44,47-49,52-54H,3-26,29-33,35,37-41,43,45-46H2,1-2H3,(H,51,55)/b28-27+,36-34+,44-42+. The van der Waals surface area contributed by atoms with Gasteiger partial charge in [0.15, 0.2) is 0 Å². The van der Waals surface area contributed by atoms with Gasteiger partial charge in [0, 0.05) is 0 Å². The van der Waals surface area contributed by atoms with Crippen molar-refractivity contribution in [2.45, 2.75) is 270 Å². The smallest absolute Gasteiger partial charge is 0.249 e. The molecule has 0 aromatic rings. The van der Waals surface area contributed by atoms with Crippen LogP contribution in [0.15, 0.2) is 36.5 Å². The third-order valence-corrected chi connectivity index (χ3v) is 11.2. The maximum atomic E-state index is 12.5. The van der Waals surface area contributed by atoms with E-state index in [1.54, 1.807) is 6.08 Å². The summed E-state index contributed by atoms with van der Waals surface area (Å²) in [5.41, 5.74) is 0. The van der Waals surface area contributed by atoms with Crippen LogP contribution >= 0.6 is 0 Å². The highest BCUT2D eigenvalue weighted by Crippen LogP contribution is 2.16. The van der Waals surface area contributed by atoms with Crippen molar-refractivity contribution >= 4 is 5.91 Å². The highest BCUT2D eigenvalue weighted by molar-refractivity contribution is 5.80. The second-order valence-electron chi connectivity index (χ2n) is 16.7. The first-order valence-electron chi connectivity index (χ1n) is 24.3. The van der Waals surface area contributed by atoms with Gasteiger partial charge < -0.3 is 20.6 Å². The molecule has 0 spiro atoms. The second-order valence-corrected chi connectivity index (χ2v) is 16.7. The normalized spacial score (nSPS) is 13.8. The number of carbonyl (C=O) groups excluding carboxylic acids is 1. The van der Waals surface area contributed by atoms with E-state index in [1.807, 2.05) is 6.08 Å². The largest absolute Gasteiger partial charge is 0.394 e. The molecule has 0 rings (SSSR count). The molecule has 0 heterocycles. The fourth-order valence-electron chi connectivity index (χ4n) is 7.39. The van der Waals surface area contributed by atoms with E-state index in [1.165, 1.54) is 186 Å². The number of allylic oxidation sites excluding steroid dienone is 5. The molecule has 3 unspecified atom stereocenters. The molecule has 1 amide bonds. The first kappa shape index (κ1) is 53.6. The Morgan fingerprint density at radius 3 is 1.11 bits per heavy atom. The van der Waals surface area contributed by atoms with Crippen LogP contribution in [0.5, 0.6) is 0 Å². The summed E-state index contributed by atoms with van der Waals surface area (Å²) in [7, 11) is 0. The Bertz CT molecular complexity index is 855. The number of nitrogens with one attached hydrogen (secondary N) is 1. The van der Waals surface area contributed by atoms with Gasteiger partial charge in [-0.3, -0.25) is 4.79 Å². The van der Waals surface area contributed by atoms with E-state index in [2.05, 4.69) is 43.5 Å². The molecule has 55 heavy (non-hydrogen) atoms. The lowest BCUT2D eigenvalue weighted by Crippen LogP contribution is -2.48. The predicted molar refractivity (Wildman–Crippen MR) is 241 cm³/mol. The van der Waals surface area contributed by atoms with Gasteiger partial charge >= 0.3 is 0 Å². The van der Waals surface area contributed by atoms with E-state index in [4.69, 9.17) is 0 Å². The summed E-state index contributed by atoms with van der Waals surface area (Å²) in [5.74, 6) is -0.514. The van der Waals surface area contributed by atoms with Crippen LogP contribution in [0, 0.1) is 0 Å².